The van der Waals surface area contributed by atoms with Gasteiger partial charge in [-0.3, -0.25) is 0 Å². The predicted octanol–water partition coefficient (Wildman–Crippen LogP) is -2.76. The summed E-state index contributed by atoms with van der Waals surface area (Å²) in [4.78, 5) is 21.6. The van der Waals surface area contributed by atoms with Gasteiger partial charge >= 0.3 is 46.5 Å². The second-order valence-electron chi connectivity index (χ2n) is 0.513. The number of rotatable bonds is 0. The van der Waals surface area contributed by atoms with Gasteiger partial charge in [-0.05, 0) is 0 Å². The first-order chi connectivity index (χ1) is 2.00. The van der Waals surface area contributed by atoms with Crippen LogP contribution in [0.1, 0.15) is 0 Å². The van der Waals surface area contributed by atoms with Crippen LogP contribution in [0, 0.1) is 0 Å². The molecule has 0 fully saturated rings. The Labute approximate surface area is 86.8 Å². The van der Waals surface area contributed by atoms with E-state index in [2.05, 4.69) is 0 Å². The van der Waals surface area contributed by atoms with E-state index >= 15 is 0 Å². The maximum Gasteiger partial charge on any atom is 0 e. The fraction of sp³-hybridized carbons (Fsp3) is 0. The molecule has 0 bridgehead atoms. The molecule has 3 N–H and O–H groups in total. The molecule has 0 radical (unpaired) electrons. The van der Waals surface area contributed by atoms with Crippen LogP contribution in [0.15, 0.2) is 0 Å². The van der Waals surface area contributed by atoms with Gasteiger partial charge in [0.05, 0.1) is 0 Å². The number of hydrogen-bond donors (Lipinski definition) is 3. The fourth-order valence-corrected chi connectivity index (χ4v) is 0. The normalized spacial score (nSPS) is 7.38. The molecule has 0 rings (SSSR count). The monoisotopic (exact) mass is 226 g/mol. The van der Waals surface area contributed by atoms with E-state index in [1.54, 1.807) is 0 Å². The van der Waals surface area contributed by atoms with Gasteiger partial charge in [0.25, 0.3) is 0 Å². The van der Waals surface area contributed by atoms with E-state index < -0.39 is 7.82 Å². The number of phosphoric acid groups is 1. The van der Waals surface area contributed by atoms with Crippen LogP contribution >= 0.6 is 7.82 Å². The summed E-state index contributed by atoms with van der Waals surface area (Å²) in [7, 11) is -4.64. The Bertz CT molecular complexity index is 62.2. The molecule has 0 atom stereocenters. The molecule has 0 saturated carbocycles. The Morgan fingerprint density at radius 3 is 1.12 bits per heavy atom. The molecule has 8 heavy (non-hydrogen) atoms. The summed E-state index contributed by atoms with van der Waals surface area (Å²) in [5.74, 6) is 0. The molecule has 0 aliphatic rings. The van der Waals surface area contributed by atoms with E-state index in [0.29, 0.717) is 0 Å². The maximum atomic E-state index is 8.88. The first-order valence-corrected chi connectivity index (χ1v) is 2.35. The minimum atomic E-state index is -4.64. The van der Waals surface area contributed by atoms with E-state index in [0.717, 1.165) is 0 Å². The molecule has 0 aliphatic heterocycles. The summed E-state index contributed by atoms with van der Waals surface area (Å²) in [6.07, 6.45) is 0. The molecule has 0 saturated heterocycles. The van der Waals surface area contributed by atoms with Gasteiger partial charge in [-0.15, -0.1) is 0 Å². The minimum absolute atomic E-state index is 0. The fourth-order valence-electron chi connectivity index (χ4n) is 0. The first-order valence-electron chi connectivity index (χ1n) is 0.783. The van der Waals surface area contributed by atoms with Gasteiger partial charge in [-0.25, -0.2) is 4.57 Å². The topological polar surface area (TPSA) is 77.8 Å². The van der Waals surface area contributed by atoms with Crippen molar-refractivity contribution >= 4 is 46.5 Å². The largest absolute Gasteiger partial charge is 0 e. The maximum absolute atomic E-state index is 8.88. The predicted molar refractivity (Wildman–Crippen MR) is 31.4 cm³/mol. The molecule has 0 aromatic carbocycles. The summed E-state index contributed by atoms with van der Waals surface area (Å²) in [6, 6.07) is 0. The van der Waals surface area contributed by atoms with Crippen molar-refractivity contribution in [2.24, 2.45) is 0 Å². The zero-order valence-electron chi connectivity index (χ0n) is 2.70. The van der Waals surface area contributed by atoms with Crippen LogP contribution < -0.4 is 0 Å². The van der Waals surface area contributed by atoms with Gasteiger partial charge < -0.3 is 14.7 Å². The zero-order valence-corrected chi connectivity index (χ0v) is 5.15. The van der Waals surface area contributed by atoms with Crippen molar-refractivity contribution in [1.29, 1.82) is 0 Å². The van der Waals surface area contributed by atoms with Crippen molar-refractivity contribution in [1.82, 2.24) is 0 Å². The van der Waals surface area contributed by atoms with Crippen LogP contribution in [0.4, 0.5) is 0 Å². The van der Waals surface area contributed by atoms with Gasteiger partial charge in [-0.2, -0.15) is 0 Å². The third-order valence-electron chi connectivity index (χ3n) is 0. The van der Waals surface area contributed by atoms with E-state index in [-0.39, 0.29) is 60.4 Å². The molecule has 44 valence electrons. The summed E-state index contributed by atoms with van der Waals surface area (Å²) in [6.45, 7) is 0. The molecule has 0 spiro atoms. The third-order valence-corrected chi connectivity index (χ3v) is 0. The van der Waals surface area contributed by atoms with Gasteiger partial charge in [0.1, 0.15) is 0 Å². The molecule has 0 heterocycles. The van der Waals surface area contributed by atoms with Crippen molar-refractivity contribution in [2.45, 2.75) is 0 Å². The van der Waals surface area contributed by atoms with Crippen LogP contribution in [-0.4, -0.2) is 53.3 Å². The van der Waals surface area contributed by atoms with E-state index in [9.17, 15) is 0 Å². The summed E-state index contributed by atoms with van der Waals surface area (Å²) < 4.78 is 8.88. The van der Waals surface area contributed by atoms with Gasteiger partial charge in [0.15, 0.2) is 0 Å². The Hall–Kier alpha value is 2.06. The van der Waals surface area contributed by atoms with Crippen molar-refractivity contribution in [2.75, 3.05) is 0 Å². The van der Waals surface area contributed by atoms with Crippen molar-refractivity contribution < 1.29 is 41.0 Å². The smallest absolute Gasteiger partial charge is 0 e. The van der Waals surface area contributed by atoms with Gasteiger partial charge in [0.2, 0.25) is 0 Å². The Kier molecular flexibility index (Phi) is 25.5. The van der Waals surface area contributed by atoms with E-state index in [4.69, 9.17) is 19.2 Å². The quantitative estimate of drug-likeness (QED) is 0.309. The Balaban J connectivity index is -0.0000000267. The average Bonchev–Trinajstić information content (AvgIpc) is 0.722. The second kappa shape index (κ2) is 9.06. The van der Waals surface area contributed by atoms with Crippen LogP contribution in [0.5, 0.6) is 0 Å². The van der Waals surface area contributed by atoms with E-state index in [1.165, 1.54) is 0 Å². The molecule has 0 aromatic rings. The third kappa shape index (κ3) is 94.8. The van der Waals surface area contributed by atoms with Crippen LogP contribution in [0.3, 0.4) is 0 Å². The minimum Gasteiger partial charge on any atom is 0 e. The summed E-state index contributed by atoms with van der Waals surface area (Å²) in [5.41, 5.74) is 0. The zero-order chi connectivity index (χ0) is 4.50. The molecule has 0 aliphatic carbocycles. The molecule has 0 amide bonds. The standard InChI is InChI=1S/Ga.Li.H3O4P.Ti.4H/c;;1-5(2,3)4;;;;;/h;;(H3,1,2,3,4);;;;;. The Morgan fingerprint density at radius 2 is 1.12 bits per heavy atom. The van der Waals surface area contributed by atoms with Crippen LogP contribution in [0.25, 0.3) is 0 Å². The van der Waals surface area contributed by atoms with Crippen molar-refractivity contribution in [3.8, 4) is 0 Å². The van der Waals surface area contributed by atoms with Crippen molar-refractivity contribution in [3.05, 3.63) is 0 Å². The van der Waals surface area contributed by atoms with E-state index in [1.807, 2.05) is 0 Å². The molecular formula is H7GaLiO4PTi. The summed E-state index contributed by atoms with van der Waals surface area (Å²) in [5, 5.41) is 0. The summed E-state index contributed by atoms with van der Waals surface area (Å²) >= 11 is 0. The second-order valence-corrected chi connectivity index (χ2v) is 1.54. The molecule has 4 nitrogen and oxygen atoms in total. The van der Waals surface area contributed by atoms with Crippen LogP contribution in [0.2, 0.25) is 0 Å². The SMILES string of the molecule is O=P(O)(O)O.[GaH3].[LiH].[Ti]. The molecule has 0 aromatic heterocycles. The molecular weight excluding hydrogens is 220 g/mol. The van der Waals surface area contributed by atoms with Gasteiger partial charge in [0, 0.05) is 21.7 Å². The van der Waals surface area contributed by atoms with Gasteiger partial charge in [-0.1, -0.05) is 0 Å². The van der Waals surface area contributed by atoms with Crippen molar-refractivity contribution in [3.63, 3.8) is 0 Å². The average molecular weight is 227 g/mol. The first kappa shape index (κ1) is 22.5. The Morgan fingerprint density at radius 1 is 1.12 bits per heavy atom. The van der Waals surface area contributed by atoms with Crippen LogP contribution in [-0.2, 0) is 26.3 Å². The number of hydrogen-bond acceptors (Lipinski definition) is 1. The molecule has 8 heteroatoms. The molecule has 0 unspecified atom stereocenters.